The number of carbonyl (C=O) groups excluding carboxylic acids is 1. The molecule has 0 saturated heterocycles. The zero-order valence-electron chi connectivity index (χ0n) is 14.6. The number of aryl methyl sites for hydroxylation is 1. The van der Waals surface area contributed by atoms with Crippen LogP contribution in [-0.2, 0) is 12.8 Å². The molecule has 0 aliphatic heterocycles. The number of benzene rings is 1. The molecule has 3 nitrogen and oxygen atoms in total. The number of nitrogens with one attached hydrogen (secondary N) is 1. The summed E-state index contributed by atoms with van der Waals surface area (Å²) in [6, 6.07) is 5.06. The van der Waals surface area contributed by atoms with Gasteiger partial charge in [-0.25, -0.2) is 0 Å². The predicted molar refractivity (Wildman–Crippen MR) is 96.3 cm³/mol. The molecular weight excluding hydrogens is 284 g/mol. The van der Waals surface area contributed by atoms with Crippen LogP contribution in [0.5, 0.6) is 0 Å². The molecule has 23 heavy (non-hydrogen) atoms. The van der Waals surface area contributed by atoms with Crippen LogP contribution in [0, 0.1) is 0 Å². The molecule has 3 heteroatoms. The van der Waals surface area contributed by atoms with Crippen LogP contribution in [0.3, 0.4) is 0 Å². The van der Waals surface area contributed by atoms with Crippen LogP contribution in [0.25, 0.3) is 10.9 Å². The molecule has 1 aliphatic rings. The lowest BCUT2D eigenvalue weighted by molar-refractivity contribution is 0.101. The monoisotopic (exact) mass is 312 g/mol. The van der Waals surface area contributed by atoms with Crippen molar-refractivity contribution < 1.29 is 4.79 Å². The van der Waals surface area contributed by atoms with Gasteiger partial charge in [0.25, 0.3) is 0 Å². The first kappa shape index (κ1) is 16.3. The average Bonchev–Trinajstić information content (AvgIpc) is 2.98. The average molecular weight is 312 g/mol. The molecule has 1 N–H and O–H groups in total. The molecule has 1 unspecified atom stereocenters. The van der Waals surface area contributed by atoms with Crippen LogP contribution in [0.1, 0.15) is 61.5 Å². The van der Waals surface area contributed by atoms with Gasteiger partial charge in [0.1, 0.15) is 0 Å². The van der Waals surface area contributed by atoms with Crippen molar-refractivity contribution >= 4 is 16.7 Å². The van der Waals surface area contributed by atoms with Gasteiger partial charge < -0.3 is 9.88 Å². The molecule has 1 aromatic carbocycles. The summed E-state index contributed by atoms with van der Waals surface area (Å²) < 4.78 is 0. The first-order chi connectivity index (χ1) is 11.2. The van der Waals surface area contributed by atoms with Crippen molar-refractivity contribution in [3.63, 3.8) is 0 Å². The molecule has 3 rings (SSSR count). The van der Waals surface area contributed by atoms with E-state index in [1.807, 2.05) is 6.20 Å². The van der Waals surface area contributed by atoms with E-state index >= 15 is 0 Å². The van der Waals surface area contributed by atoms with E-state index in [0.29, 0.717) is 6.04 Å². The number of hydrogen-bond donors (Lipinski definition) is 1. The smallest absolute Gasteiger partial charge is 0.161 e. The van der Waals surface area contributed by atoms with Crippen molar-refractivity contribution in [1.29, 1.82) is 0 Å². The van der Waals surface area contributed by atoms with E-state index in [9.17, 15) is 4.79 Å². The van der Waals surface area contributed by atoms with E-state index in [-0.39, 0.29) is 5.78 Å². The Bertz CT molecular complexity index is 695. The van der Waals surface area contributed by atoms with Gasteiger partial charge in [-0.1, -0.05) is 19.9 Å². The molecule has 0 bridgehead atoms. The van der Waals surface area contributed by atoms with Gasteiger partial charge in [-0.2, -0.15) is 0 Å². The van der Waals surface area contributed by atoms with Gasteiger partial charge in [-0.15, -0.1) is 0 Å². The van der Waals surface area contributed by atoms with Gasteiger partial charge in [0.15, 0.2) is 5.78 Å². The van der Waals surface area contributed by atoms with Crippen molar-refractivity contribution in [1.82, 2.24) is 9.88 Å². The summed E-state index contributed by atoms with van der Waals surface area (Å²) in [6.07, 6.45) is 7.71. The highest BCUT2D eigenvalue weighted by Gasteiger charge is 2.26. The summed E-state index contributed by atoms with van der Waals surface area (Å²) in [5.74, 6) is 0.158. The third kappa shape index (κ3) is 3.07. The molecule has 1 atom stereocenters. The lowest BCUT2D eigenvalue weighted by Crippen LogP contribution is -2.40. The fourth-order valence-electron chi connectivity index (χ4n) is 4.13. The van der Waals surface area contributed by atoms with Crippen molar-refractivity contribution in [2.75, 3.05) is 13.1 Å². The molecule has 0 fully saturated rings. The highest BCUT2D eigenvalue weighted by Crippen LogP contribution is 2.33. The number of carbonyl (C=O) groups is 1. The fraction of sp³-hybridized carbons (Fsp3) is 0.550. The van der Waals surface area contributed by atoms with E-state index in [0.717, 1.165) is 23.9 Å². The largest absolute Gasteiger partial charge is 0.360 e. The normalized spacial score (nSPS) is 17.7. The SMILES string of the molecule is CCCN(CCC)C1CCc2c(ccc3[nH]cc(C(C)=O)c23)C1. The van der Waals surface area contributed by atoms with E-state index in [4.69, 9.17) is 0 Å². The standard InChI is InChI=1S/C20H28N2O/c1-4-10-22(11-5-2)16-7-8-17-15(12-16)6-9-19-20(17)18(13-21-19)14(3)23/h6,9,13,16,21H,4-5,7-8,10-12H2,1-3H3. The summed E-state index contributed by atoms with van der Waals surface area (Å²) in [7, 11) is 0. The summed E-state index contributed by atoms with van der Waals surface area (Å²) in [5.41, 5.74) is 4.80. The molecule has 0 amide bonds. The maximum Gasteiger partial charge on any atom is 0.161 e. The Morgan fingerprint density at radius 3 is 2.65 bits per heavy atom. The third-order valence-corrected chi connectivity index (χ3v) is 5.15. The molecular formula is C20H28N2O. The first-order valence-electron chi connectivity index (χ1n) is 9.02. The highest BCUT2D eigenvalue weighted by atomic mass is 16.1. The van der Waals surface area contributed by atoms with Crippen molar-refractivity contribution in [2.24, 2.45) is 0 Å². The maximum absolute atomic E-state index is 11.9. The Morgan fingerprint density at radius 1 is 1.26 bits per heavy atom. The van der Waals surface area contributed by atoms with Gasteiger partial charge >= 0.3 is 0 Å². The number of rotatable bonds is 6. The molecule has 2 aromatic rings. The Morgan fingerprint density at radius 2 is 2.00 bits per heavy atom. The molecule has 0 radical (unpaired) electrons. The van der Waals surface area contributed by atoms with Gasteiger partial charge in [0.05, 0.1) is 0 Å². The number of aromatic nitrogens is 1. The highest BCUT2D eigenvalue weighted by molar-refractivity contribution is 6.08. The number of H-pyrrole nitrogens is 1. The molecule has 1 heterocycles. The Kier molecular flexibility index (Phi) is 4.86. The number of aromatic amines is 1. The van der Waals surface area contributed by atoms with Crippen LogP contribution >= 0.6 is 0 Å². The number of fused-ring (bicyclic) bond motifs is 3. The van der Waals surface area contributed by atoms with Crippen LogP contribution < -0.4 is 0 Å². The minimum atomic E-state index is 0.158. The first-order valence-corrected chi connectivity index (χ1v) is 9.02. The predicted octanol–water partition coefficient (Wildman–Crippen LogP) is 4.35. The summed E-state index contributed by atoms with van der Waals surface area (Å²) in [4.78, 5) is 17.8. The summed E-state index contributed by atoms with van der Waals surface area (Å²) in [5, 5.41) is 1.17. The molecule has 1 aliphatic carbocycles. The second kappa shape index (κ2) is 6.88. The Hall–Kier alpha value is -1.61. The maximum atomic E-state index is 11.9. The molecule has 124 valence electrons. The van der Waals surface area contributed by atoms with Crippen molar-refractivity contribution in [2.45, 2.75) is 58.9 Å². The van der Waals surface area contributed by atoms with E-state index in [1.165, 1.54) is 48.9 Å². The molecule has 0 spiro atoms. The van der Waals surface area contributed by atoms with Gasteiger partial charge in [0.2, 0.25) is 0 Å². The van der Waals surface area contributed by atoms with Crippen LogP contribution in [0.2, 0.25) is 0 Å². The summed E-state index contributed by atoms with van der Waals surface area (Å²) >= 11 is 0. The van der Waals surface area contributed by atoms with Crippen LogP contribution in [-0.4, -0.2) is 34.8 Å². The second-order valence-electron chi connectivity index (χ2n) is 6.82. The van der Waals surface area contributed by atoms with Gasteiger partial charge in [-0.3, -0.25) is 4.79 Å². The zero-order chi connectivity index (χ0) is 16.4. The number of ketones is 1. The van der Waals surface area contributed by atoms with Crippen molar-refractivity contribution in [3.05, 3.63) is 35.0 Å². The van der Waals surface area contributed by atoms with Crippen LogP contribution in [0.15, 0.2) is 18.3 Å². The Labute approximate surface area is 139 Å². The number of Topliss-reactive ketones (excluding diaryl/α,β-unsaturated/α-hetero) is 1. The number of hydrogen-bond acceptors (Lipinski definition) is 2. The quantitative estimate of drug-likeness (QED) is 0.805. The van der Waals surface area contributed by atoms with E-state index in [1.54, 1.807) is 6.92 Å². The fourth-order valence-corrected chi connectivity index (χ4v) is 4.13. The zero-order valence-corrected chi connectivity index (χ0v) is 14.6. The Balaban J connectivity index is 1.94. The topological polar surface area (TPSA) is 36.1 Å². The van der Waals surface area contributed by atoms with Gasteiger partial charge in [-0.05, 0) is 69.3 Å². The lowest BCUT2D eigenvalue weighted by atomic mass is 9.84. The van der Waals surface area contributed by atoms with E-state index < -0.39 is 0 Å². The third-order valence-electron chi connectivity index (χ3n) is 5.15. The summed E-state index contributed by atoms with van der Waals surface area (Å²) in [6.45, 7) is 8.58. The lowest BCUT2D eigenvalue weighted by Gasteiger charge is -2.35. The van der Waals surface area contributed by atoms with Gasteiger partial charge in [0, 0.05) is 28.7 Å². The van der Waals surface area contributed by atoms with Crippen LogP contribution in [0.4, 0.5) is 0 Å². The van der Waals surface area contributed by atoms with Crippen molar-refractivity contribution in [3.8, 4) is 0 Å². The number of nitrogens with zero attached hydrogens (tertiary/aromatic N) is 1. The molecule has 0 saturated carbocycles. The second-order valence-corrected chi connectivity index (χ2v) is 6.82. The minimum Gasteiger partial charge on any atom is -0.360 e. The van der Waals surface area contributed by atoms with E-state index in [2.05, 4.69) is 35.9 Å². The molecule has 1 aromatic heterocycles. The minimum absolute atomic E-state index is 0.158.